The zero-order valence-electron chi connectivity index (χ0n) is 19.8. The van der Waals surface area contributed by atoms with Crippen molar-refractivity contribution in [1.82, 2.24) is 0 Å². The van der Waals surface area contributed by atoms with Gasteiger partial charge in [0, 0.05) is 5.56 Å². The maximum atomic E-state index is 5.97. The number of ether oxygens (including phenoxy) is 2. The van der Waals surface area contributed by atoms with Gasteiger partial charge >= 0.3 is 0 Å². The summed E-state index contributed by atoms with van der Waals surface area (Å²) in [7, 11) is 4.50. The second kappa shape index (κ2) is 12.1. The predicted molar refractivity (Wildman–Crippen MR) is 127 cm³/mol. The standard InChI is InChI=1S/C27H42NO2/c1-6-7-11-17-27(2,3)25-15-12-16-26(22-25)30-21-20-29-19-18-28(4,5)23-24-13-9-8-10-14-24/h8-10,12-16,22H,6-7,11,17-21,23H2,1-5H3/q+1. The first-order valence-electron chi connectivity index (χ1n) is 11.5. The van der Waals surface area contributed by atoms with Crippen molar-refractivity contribution in [2.45, 2.75) is 58.4 Å². The molecule has 0 saturated heterocycles. The van der Waals surface area contributed by atoms with Crippen LogP contribution in [0, 0.1) is 0 Å². The summed E-state index contributed by atoms with van der Waals surface area (Å²) in [6.07, 6.45) is 5.06. The highest BCUT2D eigenvalue weighted by atomic mass is 16.5. The van der Waals surface area contributed by atoms with Crippen LogP contribution in [0.5, 0.6) is 5.75 Å². The Balaban J connectivity index is 1.69. The summed E-state index contributed by atoms with van der Waals surface area (Å²) in [6.45, 7) is 10.9. The van der Waals surface area contributed by atoms with E-state index in [4.69, 9.17) is 9.47 Å². The van der Waals surface area contributed by atoms with Gasteiger partial charge in [0.1, 0.15) is 25.4 Å². The largest absolute Gasteiger partial charge is 0.491 e. The zero-order chi connectivity index (χ0) is 21.9. The maximum absolute atomic E-state index is 5.97. The average Bonchev–Trinajstić information content (AvgIpc) is 2.71. The van der Waals surface area contributed by atoms with E-state index in [1.54, 1.807) is 0 Å². The molecule has 0 bridgehead atoms. The number of unbranched alkanes of at least 4 members (excludes halogenated alkanes) is 2. The predicted octanol–water partition coefficient (Wildman–Crippen LogP) is 6.22. The second-order valence-electron chi connectivity index (χ2n) is 9.63. The van der Waals surface area contributed by atoms with Gasteiger partial charge in [0.15, 0.2) is 0 Å². The number of likely N-dealkylation sites (N-methyl/N-ethyl adjacent to an activating group) is 1. The van der Waals surface area contributed by atoms with Gasteiger partial charge in [-0.2, -0.15) is 0 Å². The van der Waals surface area contributed by atoms with Gasteiger partial charge in [0.25, 0.3) is 0 Å². The first-order valence-corrected chi connectivity index (χ1v) is 11.5. The van der Waals surface area contributed by atoms with Crippen molar-refractivity contribution in [3.63, 3.8) is 0 Å². The molecule has 2 aromatic carbocycles. The molecule has 0 saturated carbocycles. The third-order valence-corrected chi connectivity index (χ3v) is 5.81. The highest BCUT2D eigenvalue weighted by Gasteiger charge is 2.20. The van der Waals surface area contributed by atoms with Gasteiger partial charge in [0.2, 0.25) is 0 Å². The Kier molecular flexibility index (Phi) is 9.87. The minimum atomic E-state index is 0.188. The zero-order valence-corrected chi connectivity index (χ0v) is 19.8. The molecule has 0 fully saturated rings. The molecule has 0 aliphatic carbocycles. The van der Waals surface area contributed by atoms with E-state index in [-0.39, 0.29) is 5.41 Å². The fourth-order valence-electron chi connectivity index (χ4n) is 3.76. The molecule has 0 radical (unpaired) electrons. The van der Waals surface area contributed by atoms with Crippen molar-refractivity contribution in [2.24, 2.45) is 0 Å². The topological polar surface area (TPSA) is 18.5 Å². The molecule has 30 heavy (non-hydrogen) atoms. The molecular weight excluding hydrogens is 370 g/mol. The first-order chi connectivity index (χ1) is 14.3. The lowest BCUT2D eigenvalue weighted by Gasteiger charge is -2.29. The highest BCUT2D eigenvalue weighted by molar-refractivity contribution is 5.33. The normalized spacial score (nSPS) is 12.2. The molecule has 0 unspecified atom stereocenters. The van der Waals surface area contributed by atoms with Crippen LogP contribution in [0.1, 0.15) is 57.6 Å². The number of quaternary nitrogens is 1. The number of hydrogen-bond acceptors (Lipinski definition) is 2. The lowest BCUT2D eigenvalue weighted by molar-refractivity contribution is -0.904. The van der Waals surface area contributed by atoms with Gasteiger partial charge in [-0.1, -0.05) is 82.5 Å². The van der Waals surface area contributed by atoms with Gasteiger partial charge < -0.3 is 14.0 Å². The van der Waals surface area contributed by atoms with E-state index in [9.17, 15) is 0 Å². The summed E-state index contributed by atoms with van der Waals surface area (Å²) in [5.41, 5.74) is 2.91. The van der Waals surface area contributed by atoms with Crippen molar-refractivity contribution >= 4 is 0 Å². The Labute approximate surface area is 184 Å². The minimum absolute atomic E-state index is 0.188. The van der Waals surface area contributed by atoms with Crippen LogP contribution in [-0.4, -0.2) is 44.9 Å². The molecule has 0 amide bonds. The summed E-state index contributed by atoms with van der Waals surface area (Å²) in [5.74, 6) is 0.944. The van der Waals surface area contributed by atoms with Crippen LogP contribution in [0.3, 0.4) is 0 Å². The Bertz CT molecular complexity index is 725. The van der Waals surface area contributed by atoms with E-state index in [1.165, 1.54) is 36.8 Å². The van der Waals surface area contributed by atoms with E-state index in [0.29, 0.717) is 13.2 Å². The summed E-state index contributed by atoms with van der Waals surface area (Å²) >= 11 is 0. The van der Waals surface area contributed by atoms with Gasteiger partial charge in [-0.05, 0) is 29.5 Å². The fraction of sp³-hybridized carbons (Fsp3) is 0.556. The van der Waals surface area contributed by atoms with E-state index in [0.717, 1.165) is 29.9 Å². The molecule has 2 rings (SSSR count). The SMILES string of the molecule is CCCCCC(C)(C)c1cccc(OCCOCC[N+](C)(C)Cc2ccccc2)c1. The van der Waals surface area contributed by atoms with E-state index >= 15 is 0 Å². The number of nitrogens with zero attached hydrogens (tertiary/aromatic N) is 1. The van der Waals surface area contributed by atoms with Crippen molar-refractivity contribution in [1.29, 1.82) is 0 Å². The lowest BCUT2D eigenvalue weighted by Crippen LogP contribution is -2.41. The average molecular weight is 413 g/mol. The lowest BCUT2D eigenvalue weighted by atomic mass is 9.80. The van der Waals surface area contributed by atoms with Crippen LogP contribution in [0.25, 0.3) is 0 Å². The van der Waals surface area contributed by atoms with Crippen molar-refractivity contribution in [3.05, 3.63) is 65.7 Å². The Hall–Kier alpha value is -1.84. The molecule has 3 nitrogen and oxygen atoms in total. The minimum Gasteiger partial charge on any atom is -0.491 e. The quantitative estimate of drug-likeness (QED) is 0.271. The van der Waals surface area contributed by atoms with Crippen LogP contribution < -0.4 is 4.74 Å². The molecule has 2 aromatic rings. The fourth-order valence-corrected chi connectivity index (χ4v) is 3.76. The molecule has 0 N–H and O–H groups in total. The van der Waals surface area contributed by atoms with Crippen LogP contribution in [0.4, 0.5) is 0 Å². The maximum Gasteiger partial charge on any atom is 0.119 e. The summed E-state index contributed by atoms with van der Waals surface area (Å²) in [5, 5.41) is 0. The Morgan fingerprint density at radius 2 is 1.63 bits per heavy atom. The van der Waals surface area contributed by atoms with Crippen LogP contribution >= 0.6 is 0 Å². The van der Waals surface area contributed by atoms with Gasteiger partial charge in [-0.3, -0.25) is 0 Å². The Morgan fingerprint density at radius 1 is 0.867 bits per heavy atom. The highest BCUT2D eigenvalue weighted by Crippen LogP contribution is 2.31. The van der Waals surface area contributed by atoms with E-state index in [1.807, 2.05) is 6.07 Å². The molecule has 0 atom stereocenters. The molecule has 0 aliphatic rings. The van der Waals surface area contributed by atoms with Crippen LogP contribution in [0.2, 0.25) is 0 Å². The number of rotatable bonds is 14. The van der Waals surface area contributed by atoms with Crippen LogP contribution in [0.15, 0.2) is 54.6 Å². The molecule has 0 heterocycles. The van der Waals surface area contributed by atoms with Crippen molar-refractivity contribution < 1.29 is 14.0 Å². The van der Waals surface area contributed by atoms with Gasteiger partial charge in [-0.25, -0.2) is 0 Å². The molecule has 166 valence electrons. The second-order valence-corrected chi connectivity index (χ2v) is 9.63. The first kappa shape index (κ1) is 24.4. The molecule has 0 spiro atoms. The molecule has 0 aromatic heterocycles. The third kappa shape index (κ3) is 8.89. The van der Waals surface area contributed by atoms with Crippen molar-refractivity contribution in [2.75, 3.05) is 40.5 Å². The van der Waals surface area contributed by atoms with Gasteiger partial charge in [0.05, 0.1) is 27.3 Å². The summed E-state index contributed by atoms with van der Waals surface area (Å²) in [6, 6.07) is 19.2. The summed E-state index contributed by atoms with van der Waals surface area (Å²) < 4.78 is 12.7. The Morgan fingerprint density at radius 3 is 2.37 bits per heavy atom. The molecular formula is C27H42NO2+. The number of benzene rings is 2. The number of hydrogen-bond donors (Lipinski definition) is 0. The third-order valence-electron chi connectivity index (χ3n) is 5.81. The van der Waals surface area contributed by atoms with Crippen molar-refractivity contribution in [3.8, 4) is 5.75 Å². The van der Waals surface area contributed by atoms with Crippen LogP contribution in [-0.2, 0) is 16.7 Å². The monoisotopic (exact) mass is 412 g/mol. The summed E-state index contributed by atoms with van der Waals surface area (Å²) in [4.78, 5) is 0. The van der Waals surface area contributed by atoms with E-state index in [2.05, 4.69) is 83.4 Å². The smallest absolute Gasteiger partial charge is 0.119 e. The van der Waals surface area contributed by atoms with Gasteiger partial charge in [-0.15, -0.1) is 0 Å². The molecule has 3 heteroatoms. The molecule has 0 aliphatic heterocycles. The van der Waals surface area contributed by atoms with E-state index < -0.39 is 0 Å².